The van der Waals surface area contributed by atoms with E-state index in [-0.39, 0.29) is 0 Å². The maximum Gasteiger partial charge on any atom is 0.0494 e. The van der Waals surface area contributed by atoms with Crippen molar-refractivity contribution in [1.82, 2.24) is 5.32 Å². The molecule has 1 N–H and O–H groups in total. The SMILES string of the molecule is CC(C)NCCCOCC1CCCCC1. The molecule has 15 heavy (non-hydrogen) atoms. The van der Waals surface area contributed by atoms with E-state index in [0.717, 1.165) is 32.1 Å². The minimum atomic E-state index is 0.600. The normalized spacial score (nSPS) is 18.6. The Morgan fingerprint density at radius 3 is 2.60 bits per heavy atom. The Kier molecular flexibility index (Phi) is 7.03. The Morgan fingerprint density at radius 2 is 1.93 bits per heavy atom. The van der Waals surface area contributed by atoms with E-state index in [4.69, 9.17) is 4.74 Å². The minimum Gasteiger partial charge on any atom is -0.381 e. The van der Waals surface area contributed by atoms with E-state index < -0.39 is 0 Å². The topological polar surface area (TPSA) is 21.3 Å². The summed E-state index contributed by atoms with van der Waals surface area (Å²) in [5.74, 6) is 0.858. The summed E-state index contributed by atoms with van der Waals surface area (Å²) in [7, 11) is 0. The van der Waals surface area contributed by atoms with Crippen molar-refractivity contribution in [2.45, 2.75) is 58.4 Å². The van der Waals surface area contributed by atoms with Crippen LogP contribution in [-0.4, -0.2) is 25.8 Å². The molecule has 0 unspecified atom stereocenters. The largest absolute Gasteiger partial charge is 0.381 e. The van der Waals surface area contributed by atoms with Gasteiger partial charge in [0.1, 0.15) is 0 Å². The highest BCUT2D eigenvalue weighted by Gasteiger charge is 2.12. The lowest BCUT2D eigenvalue weighted by Gasteiger charge is -2.21. The number of hydrogen-bond acceptors (Lipinski definition) is 2. The Balaban J connectivity index is 1.83. The lowest BCUT2D eigenvalue weighted by atomic mass is 9.90. The summed E-state index contributed by atoms with van der Waals surface area (Å²) < 4.78 is 5.71. The molecule has 1 fully saturated rings. The van der Waals surface area contributed by atoms with E-state index in [1.165, 1.54) is 32.1 Å². The Bertz CT molecular complexity index is 141. The van der Waals surface area contributed by atoms with Crippen LogP contribution in [0.3, 0.4) is 0 Å². The molecule has 0 atom stereocenters. The number of nitrogens with one attached hydrogen (secondary N) is 1. The van der Waals surface area contributed by atoms with Gasteiger partial charge in [-0.15, -0.1) is 0 Å². The quantitative estimate of drug-likeness (QED) is 0.656. The van der Waals surface area contributed by atoms with Crippen LogP contribution in [0.2, 0.25) is 0 Å². The van der Waals surface area contributed by atoms with Crippen LogP contribution in [0, 0.1) is 5.92 Å². The van der Waals surface area contributed by atoms with Gasteiger partial charge in [0, 0.05) is 19.3 Å². The van der Waals surface area contributed by atoms with Crippen LogP contribution >= 0.6 is 0 Å². The number of rotatable bonds is 7. The molecule has 0 bridgehead atoms. The van der Waals surface area contributed by atoms with Crippen molar-refractivity contribution >= 4 is 0 Å². The molecule has 2 heteroatoms. The van der Waals surface area contributed by atoms with Gasteiger partial charge in [-0.1, -0.05) is 33.1 Å². The third-order valence-corrected chi connectivity index (χ3v) is 3.10. The van der Waals surface area contributed by atoms with Crippen molar-refractivity contribution in [3.8, 4) is 0 Å². The zero-order chi connectivity index (χ0) is 10.9. The van der Waals surface area contributed by atoms with Gasteiger partial charge < -0.3 is 10.1 Å². The van der Waals surface area contributed by atoms with Crippen molar-refractivity contribution in [3.05, 3.63) is 0 Å². The molecule has 0 aromatic carbocycles. The smallest absolute Gasteiger partial charge is 0.0494 e. The summed E-state index contributed by atoms with van der Waals surface area (Å²) in [5.41, 5.74) is 0. The van der Waals surface area contributed by atoms with E-state index in [1.807, 2.05) is 0 Å². The van der Waals surface area contributed by atoms with E-state index >= 15 is 0 Å². The molecule has 0 spiro atoms. The molecule has 2 nitrogen and oxygen atoms in total. The van der Waals surface area contributed by atoms with Gasteiger partial charge in [-0.25, -0.2) is 0 Å². The fraction of sp³-hybridized carbons (Fsp3) is 1.00. The maximum atomic E-state index is 5.71. The fourth-order valence-corrected chi connectivity index (χ4v) is 2.17. The van der Waals surface area contributed by atoms with Crippen molar-refractivity contribution in [3.63, 3.8) is 0 Å². The minimum absolute atomic E-state index is 0.600. The second kappa shape index (κ2) is 8.12. The molecule has 0 heterocycles. The number of hydrogen-bond donors (Lipinski definition) is 1. The maximum absolute atomic E-state index is 5.71. The molecule has 0 aromatic heterocycles. The van der Waals surface area contributed by atoms with E-state index in [0.29, 0.717) is 6.04 Å². The molecule has 0 aliphatic heterocycles. The lowest BCUT2D eigenvalue weighted by Crippen LogP contribution is -2.24. The molecule has 0 amide bonds. The van der Waals surface area contributed by atoms with Crippen LogP contribution < -0.4 is 5.32 Å². The van der Waals surface area contributed by atoms with Gasteiger partial charge in [-0.3, -0.25) is 0 Å². The number of ether oxygens (including phenoxy) is 1. The third kappa shape index (κ3) is 6.91. The summed E-state index contributed by atoms with van der Waals surface area (Å²) in [5, 5.41) is 3.40. The summed E-state index contributed by atoms with van der Waals surface area (Å²) in [6, 6.07) is 0.600. The Morgan fingerprint density at radius 1 is 1.20 bits per heavy atom. The molecular formula is C13H27NO. The van der Waals surface area contributed by atoms with Crippen LogP contribution in [-0.2, 0) is 4.74 Å². The van der Waals surface area contributed by atoms with Gasteiger partial charge in [-0.05, 0) is 31.7 Å². The van der Waals surface area contributed by atoms with Crippen molar-refractivity contribution in [2.75, 3.05) is 19.8 Å². The van der Waals surface area contributed by atoms with Crippen LogP contribution in [0.4, 0.5) is 0 Å². The molecule has 1 aliphatic carbocycles. The predicted octanol–water partition coefficient (Wildman–Crippen LogP) is 2.97. The molecule has 1 rings (SSSR count). The van der Waals surface area contributed by atoms with Gasteiger partial charge in [0.2, 0.25) is 0 Å². The van der Waals surface area contributed by atoms with Crippen LogP contribution in [0.25, 0.3) is 0 Å². The summed E-state index contributed by atoms with van der Waals surface area (Å²) in [6.45, 7) is 7.38. The first-order chi connectivity index (χ1) is 7.29. The van der Waals surface area contributed by atoms with Crippen LogP contribution in [0.1, 0.15) is 52.4 Å². The average Bonchev–Trinajstić information content (AvgIpc) is 2.24. The van der Waals surface area contributed by atoms with Crippen molar-refractivity contribution in [1.29, 1.82) is 0 Å². The molecule has 0 saturated heterocycles. The average molecular weight is 213 g/mol. The molecule has 90 valence electrons. The molecule has 0 aromatic rings. The monoisotopic (exact) mass is 213 g/mol. The summed E-state index contributed by atoms with van der Waals surface area (Å²) in [6.07, 6.45) is 8.21. The highest BCUT2D eigenvalue weighted by molar-refractivity contribution is 4.64. The van der Waals surface area contributed by atoms with Gasteiger partial charge in [0.15, 0.2) is 0 Å². The van der Waals surface area contributed by atoms with Gasteiger partial charge in [0.05, 0.1) is 0 Å². The summed E-state index contributed by atoms with van der Waals surface area (Å²) >= 11 is 0. The van der Waals surface area contributed by atoms with Crippen molar-refractivity contribution in [2.24, 2.45) is 5.92 Å². The zero-order valence-electron chi connectivity index (χ0n) is 10.4. The Hall–Kier alpha value is -0.0800. The van der Waals surface area contributed by atoms with Gasteiger partial charge in [0.25, 0.3) is 0 Å². The third-order valence-electron chi connectivity index (χ3n) is 3.10. The van der Waals surface area contributed by atoms with E-state index in [2.05, 4.69) is 19.2 Å². The van der Waals surface area contributed by atoms with E-state index in [9.17, 15) is 0 Å². The summed E-state index contributed by atoms with van der Waals surface area (Å²) in [4.78, 5) is 0. The molecular weight excluding hydrogens is 186 g/mol. The fourth-order valence-electron chi connectivity index (χ4n) is 2.17. The van der Waals surface area contributed by atoms with E-state index in [1.54, 1.807) is 0 Å². The highest BCUT2D eigenvalue weighted by Crippen LogP contribution is 2.23. The second-order valence-corrected chi connectivity index (χ2v) is 5.04. The van der Waals surface area contributed by atoms with Crippen LogP contribution in [0.15, 0.2) is 0 Å². The first-order valence-electron chi connectivity index (χ1n) is 6.60. The molecule has 0 radical (unpaired) electrons. The van der Waals surface area contributed by atoms with Crippen LogP contribution in [0.5, 0.6) is 0 Å². The first-order valence-corrected chi connectivity index (χ1v) is 6.60. The molecule has 1 aliphatic rings. The Labute approximate surface area is 94.8 Å². The highest BCUT2D eigenvalue weighted by atomic mass is 16.5. The lowest BCUT2D eigenvalue weighted by molar-refractivity contribution is 0.0835. The zero-order valence-corrected chi connectivity index (χ0v) is 10.4. The second-order valence-electron chi connectivity index (χ2n) is 5.04. The van der Waals surface area contributed by atoms with Gasteiger partial charge >= 0.3 is 0 Å². The standard InChI is InChI=1S/C13H27NO/c1-12(2)14-9-6-10-15-11-13-7-4-3-5-8-13/h12-14H,3-11H2,1-2H3. The first kappa shape index (κ1) is 13.0. The molecule has 1 saturated carbocycles. The predicted molar refractivity (Wildman–Crippen MR) is 65.1 cm³/mol. The van der Waals surface area contributed by atoms with Crippen molar-refractivity contribution < 1.29 is 4.74 Å². The van der Waals surface area contributed by atoms with Gasteiger partial charge in [-0.2, -0.15) is 0 Å².